The summed E-state index contributed by atoms with van der Waals surface area (Å²) in [6, 6.07) is 15.3. The van der Waals surface area contributed by atoms with Crippen LogP contribution in [0.1, 0.15) is 30.8 Å². The number of hydrogen-bond donors (Lipinski definition) is 1. The first-order valence-corrected chi connectivity index (χ1v) is 9.26. The van der Waals surface area contributed by atoms with Crippen LogP contribution in [0.3, 0.4) is 0 Å². The van der Waals surface area contributed by atoms with E-state index < -0.39 is 0 Å². The number of nitrogens with one attached hydrogen (secondary N) is 1. The van der Waals surface area contributed by atoms with Crippen molar-refractivity contribution in [3.63, 3.8) is 0 Å². The molecule has 0 aliphatic carbocycles. The smallest absolute Gasteiger partial charge is 0.285 e. The number of nitrogens with zero attached hydrogens (tertiary/aromatic N) is 3. The first kappa shape index (κ1) is 18.0. The minimum absolute atomic E-state index is 0.140. The largest absolute Gasteiger partial charge is 0.294 e. The molecule has 2 aromatic heterocycles. The molecular weight excluding hydrogens is 344 g/mol. The normalized spacial score (nSPS) is 10.9. The molecule has 0 unspecified atom stereocenters. The van der Waals surface area contributed by atoms with Gasteiger partial charge in [-0.15, -0.1) is 0 Å². The monoisotopic (exact) mass is 364 g/mol. The van der Waals surface area contributed by atoms with Crippen LogP contribution in [-0.4, -0.2) is 14.8 Å². The maximum absolute atomic E-state index is 12.9. The highest BCUT2D eigenvalue weighted by Gasteiger charge is 2.17. The van der Waals surface area contributed by atoms with Crippen LogP contribution in [0.25, 0.3) is 5.69 Å². The van der Waals surface area contributed by atoms with Crippen LogP contribution >= 0.6 is 11.8 Å². The summed E-state index contributed by atoms with van der Waals surface area (Å²) in [6.45, 7) is 6.11. The Labute approximate surface area is 156 Å². The number of rotatable bonds is 5. The van der Waals surface area contributed by atoms with Crippen molar-refractivity contribution in [2.45, 2.75) is 37.1 Å². The van der Waals surface area contributed by atoms with Gasteiger partial charge in [0.25, 0.3) is 5.56 Å². The number of H-pyrrole nitrogens is 1. The lowest BCUT2D eigenvalue weighted by atomic mass is 10.1. The van der Waals surface area contributed by atoms with Gasteiger partial charge in [-0.3, -0.25) is 9.89 Å². The van der Waals surface area contributed by atoms with Crippen molar-refractivity contribution in [2.24, 2.45) is 5.92 Å². The number of aromatic amines is 1. The van der Waals surface area contributed by atoms with Gasteiger partial charge in [0.15, 0.2) is 0 Å². The Morgan fingerprint density at radius 1 is 1.23 bits per heavy atom. The highest BCUT2D eigenvalue weighted by Crippen LogP contribution is 2.29. The van der Waals surface area contributed by atoms with Crippen molar-refractivity contribution in [1.29, 1.82) is 5.26 Å². The summed E-state index contributed by atoms with van der Waals surface area (Å²) in [5.41, 5.74) is 2.80. The molecule has 26 heavy (non-hydrogen) atoms. The molecule has 0 aliphatic heterocycles. The number of nitriles is 1. The lowest BCUT2D eigenvalue weighted by molar-refractivity contribution is 0.631. The molecule has 3 rings (SSSR count). The second kappa shape index (κ2) is 7.63. The summed E-state index contributed by atoms with van der Waals surface area (Å²) in [7, 11) is 0. The number of pyridine rings is 1. The molecule has 0 bridgehead atoms. The first-order chi connectivity index (χ1) is 12.5. The molecule has 3 aromatic rings. The Morgan fingerprint density at radius 3 is 2.62 bits per heavy atom. The van der Waals surface area contributed by atoms with Crippen LogP contribution in [0.5, 0.6) is 0 Å². The predicted octanol–water partition coefficient (Wildman–Crippen LogP) is 4.09. The van der Waals surface area contributed by atoms with Gasteiger partial charge in [-0.05, 0) is 43.5 Å². The number of benzene rings is 1. The SMILES string of the molecule is Cc1[nH]n(-c2ccccc2)c(=O)c1Sc1nc(CC(C)C)ccc1C#N. The Balaban J connectivity index is 2.01. The highest BCUT2D eigenvalue weighted by molar-refractivity contribution is 7.99. The average molecular weight is 364 g/mol. The Hall–Kier alpha value is -2.78. The zero-order valence-electron chi connectivity index (χ0n) is 15.0. The zero-order chi connectivity index (χ0) is 18.7. The molecule has 0 fully saturated rings. The van der Waals surface area contributed by atoms with Crippen molar-refractivity contribution >= 4 is 11.8 Å². The molecule has 0 amide bonds. The van der Waals surface area contributed by atoms with E-state index in [1.807, 2.05) is 43.3 Å². The van der Waals surface area contributed by atoms with Gasteiger partial charge in [-0.2, -0.15) is 5.26 Å². The van der Waals surface area contributed by atoms with Gasteiger partial charge in [0, 0.05) is 11.4 Å². The van der Waals surface area contributed by atoms with Crippen molar-refractivity contribution < 1.29 is 0 Å². The lowest BCUT2D eigenvalue weighted by Gasteiger charge is -2.07. The number of aromatic nitrogens is 3. The van der Waals surface area contributed by atoms with E-state index in [1.165, 1.54) is 16.4 Å². The van der Waals surface area contributed by atoms with Crippen LogP contribution in [-0.2, 0) is 6.42 Å². The van der Waals surface area contributed by atoms with Gasteiger partial charge < -0.3 is 0 Å². The van der Waals surface area contributed by atoms with E-state index in [0.29, 0.717) is 21.4 Å². The van der Waals surface area contributed by atoms with E-state index in [4.69, 9.17) is 0 Å². The molecule has 132 valence electrons. The Kier molecular flexibility index (Phi) is 5.29. The minimum atomic E-state index is -0.140. The van der Waals surface area contributed by atoms with Crippen LogP contribution in [0, 0.1) is 24.2 Å². The van der Waals surface area contributed by atoms with E-state index in [2.05, 4.69) is 30.0 Å². The van der Waals surface area contributed by atoms with Gasteiger partial charge in [-0.25, -0.2) is 9.67 Å². The second-order valence-electron chi connectivity index (χ2n) is 6.51. The molecular formula is C20H20N4OS. The third-order valence-corrected chi connectivity index (χ3v) is 5.08. The molecule has 5 nitrogen and oxygen atoms in total. The fourth-order valence-corrected chi connectivity index (χ4v) is 3.64. The Bertz CT molecular complexity index is 1010. The summed E-state index contributed by atoms with van der Waals surface area (Å²) in [5.74, 6) is 0.470. The van der Waals surface area contributed by atoms with Gasteiger partial charge in [-0.1, -0.05) is 43.8 Å². The molecule has 0 aliphatic rings. The summed E-state index contributed by atoms with van der Waals surface area (Å²) >= 11 is 1.25. The van der Waals surface area contributed by atoms with Gasteiger partial charge in [0.2, 0.25) is 0 Å². The Morgan fingerprint density at radius 2 is 1.96 bits per heavy atom. The first-order valence-electron chi connectivity index (χ1n) is 8.44. The van der Waals surface area contributed by atoms with Crippen LogP contribution in [0.4, 0.5) is 0 Å². The molecule has 1 N–H and O–H groups in total. The maximum Gasteiger partial charge on any atom is 0.285 e. The van der Waals surface area contributed by atoms with Crippen molar-refractivity contribution in [1.82, 2.24) is 14.8 Å². The average Bonchev–Trinajstić information content (AvgIpc) is 2.90. The molecule has 0 saturated carbocycles. The lowest BCUT2D eigenvalue weighted by Crippen LogP contribution is -2.15. The highest BCUT2D eigenvalue weighted by atomic mass is 32.2. The molecule has 6 heteroatoms. The third kappa shape index (κ3) is 3.73. The molecule has 2 heterocycles. The van der Waals surface area contributed by atoms with Crippen LogP contribution < -0.4 is 5.56 Å². The number of aryl methyl sites for hydroxylation is 1. The fraction of sp³-hybridized carbons (Fsp3) is 0.250. The van der Waals surface area contributed by atoms with E-state index in [-0.39, 0.29) is 5.56 Å². The molecule has 0 atom stereocenters. The van der Waals surface area contributed by atoms with Crippen LogP contribution in [0.15, 0.2) is 57.2 Å². The third-order valence-electron chi connectivity index (χ3n) is 3.89. The number of hydrogen-bond acceptors (Lipinski definition) is 4. The van der Waals surface area contributed by atoms with E-state index in [9.17, 15) is 10.1 Å². The van der Waals surface area contributed by atoms with Gasteiger partial charge in [0.05, 0.1) is 11.3 Å². The second-order valence-corrected chi connectivity index (χ2v) is 7.51. The van der Waals surface area contributed by atoms with Gasteiger partial charge in [0.1, 0.15) is 16.0 Å². The molecule has 0 spiro atoms. The standard InChI is InChI=1S/C20H20N4OS/c1-13(2)11-16-10-9-15(12-21)19(22-16)26-18-14(3)23-24(20(18)25)17-7-5-4-6-8-17/h4-10,13,23H,11H2,1-3H3. The molecule has 0 radical (unpaired) electrons. The fourth-order valence-electron chi connectivity index (χ4n) is 2.68. The summed E-state index contributed by atoms with van der Waals surface area (Å²) in [5, 5.41) is 13.1. The van der Waals surface area contributed by atoms with Crippen molar-refractivity contribution in [3.05, 3.63) is 69.8 Å². The minimum Gasteiger partial charge on any atom is -0.294 e. The molecule has 0 saturated heterocycles. The zero-order valence-corrected chi connectivity index (χ0v) is 15.8. The van der Waals surface area contributed by atoms with E-state index in [1.54, 1.807) is 6.07 Å². The van der Waals surface area contributed by atoms with Crippen molar-refractivity contribution in [2.75, 3.05) is 0 Å². The summed E-state index contributed by atoms with van der Waals surface area (Å²) < 4.78 is 1.52. The molecule has 1 aromatic carbocycles. The van der Waals surface area contributed by atoms with Crippen LogP contribution in [0.2, 0.25) is 0 Å². The number of para-hydroxylation sites is 1. The topological polar surface area (TPSA) is 74.5 Å². The quantitative estimate of drug-likeness (QED) is 0.740. The predicted molar refractivity (Wildman–Crippen MR) is 103 cm³/mol. The van der Waals surface area contributed by atoms with E-state index >= 15 is 0 Å². The maximum atomic E-state index is 12.9. The summed E-state index contributed by atoms with van der Waals surface area (Å²) in [4.78, 5) is 18.0. The van der Waals surface area contributed by atoms with E-state index in [0.717, 1.165) is 23.5 Å². The van der Waals surface area contributed by atoms with Crippen molar-refractivity contribution in [3.8, 4) is 11.8 Å². The van der Waals surface area contributed by atoms with Gasteiger partial charge >= 0.3 is 0 Å². The summed E-state index contributed by atoms with van der Waals surface area (Å²) in [6.07, 6.45) is 0.833.